The molecule has 0 heterocycles. The molecule has 168 valence electrons. The molecule has 28 heavy (non-hydrogen) atoms. The number of hydrogen-bond donors (Lipinski definition) is 4. The van der Waals surface area contributed by atoms with E-state index in [-0.39, 0.29) is 19.1 Å². The van der Waals surface area contributed by atoms with Crippen LogP contribution in [-0.2, 0) is 4.79 Å². The molecule has 0 bridgehead atoms. The average Bonchev–Trinajstić information content (AvgIpc) is 2.63. The highest BCUT2D eigenvalue weighted by molar-refractivity contribution is 5.70. The van der Waals surface area contributed by atoms with Gasteiger partial charge in [0.25, 0.3) is 0 Å². The average molecular weight is 404 g/mol. The van der Waals surface area contributed by atoms with Crippen molar-refractivity contribution in [3.05, 3.63) is 0 Å². The zero-order valence-corrected chi connectivity index (χ0v) is 18.2. The van der Waals surface area contributed by atoms with Gasteiger partial charge in [-0.25, -0.2) is 0 Å². The molecule has 1 atom stereocenters. The van der Waals surface area contributed by atoms with Gasteiger partial charge >= 0.3 is 5.97 Å². The summed E-state index contributed by atoms with van der Waals surface area (Å²) in [5.74, 6) is -1.09. The van der Waals surface area contributed by atoms with Crippen molar-refractivity contribution in [3.63, 3.8) is 0 Å². The molecule has 4 N–H and O–H groups in total. The van der Waals surface area contributed by atoms with E-state index in [1.54, 1.807) is 0 Å². The SMILES string of the molecule is CN(C)CC(CCCCC(O)(CCCCCCO)CCCCCCO)C(=O)O. The molecule has 0 aliphatic rings. The summed E-state index contributed by atoms with van der Waals surface area (Å²) in [6.07, 6.45) is 12.2. The van der Waals surface area contributed by atoms with Gasteiger partial charge in [0.1, 0.15) is 0 Å². The van der Waals surface area contributed by atoms with Crippen molar-refractivity contribution in [2.24, 2.45) is 5.92 Å². The first-order chi connectivity index (χ1) is 13.3. The normalized spacial score (nSPS) is 13.2. The minimum atomic E-state index is -0.739. The maximum Gasteiger partial charge on any atom is 0.307 e. The Balaban J connectivity index is 4.37. The molecule has 0 fully saturated rings. The first kappa shape index (κ1) is 27.3. The molecule has 0 aromatic carbocycles. The zero-order chi connectivity index (χ0) is 21.3. The van der Waals surface area contributed by atoms with Crippen LogP contribution < -0.4 is 0 Å². The van der Waals surface area contributed by atoms with Gasteiger partial charge in [0, 0.05) is 19.8 Å². The number of rotatable bonds is 20. The fraction of sp³-hybridized carbons (Fsp3) is 0.955. The topological polar surface area (TPSA) is 101 Å². The monoisotopic (exact) mass is 403 g/mol. The third kappa shape index (κ3) is 15.3. The Morgan fingerprint density at radius 3 is 1.61 bits per heavy atom. The summed E-state index contributed by atoms with van der Waals surface area (Å²) in [7, 11) is 3.78. The maximum absolute atomic E-state index is 11.4. The first-order valence-electron chi connectivity index (χ1n) is 11.2. The van der Waals surface area contributed by atoms with Gasteiger partial charge in [0.2, 0.25) is 0 Å². The minimum absolute atomic E-state index is 0.229. The molecule has 0 saturated carbocycles. The first-order valence-corrected chi connectivity index (χ1v) is 11.2. The van der Waals surface area contributed by atoms with Crippen LogP contribution in [0.3, 0.4) is 0 Å². The molecule has 0 spiro atoms. The Kier molecular flexibility index (Phi) is 16.8. The second kappa shape index (κ2) is 17.2. The van der Waals surface area contributed by atoms with Crippen molar-refractivity contribution >= 4 is 5.97 Å². The molecule has 6 heteroatoms. The summed E-state index contributed by atoms with van der Waals surface area (Å²) in [6.45, 7) is 1.01. The number of unbranched alkanes of at least 4 members (excludes halogenated alkanes) is 7. The van der Waals surface area contributed by atoms with Gasteiger partial charge in [-0.1, -0.05) is 51.4 Å². The second-order valence-corrected chi connectivity index (χ2v) is 8.54. The summed E-state index contributed by atoms with van der Waals surface area (Å²) in [4.78, 5) is 13.3. The lowest BCUT2D eigenvalue weighted by molar-refractivity contribution is -0.142. The lowest BCUT2D eigenvalue weighted by atomic mass is 9.84. The van der Waals surface area contributed by atoms with Gasteiger partial charge in [-0.3, -0.25) is 4.79 Å². The molecule has 1 unspecified atom stereocenters. The van der Waals surface area contributed by atoms with Crippen LogP contribution in [-0.4, -0.2) is 70.8 Å². The molecule has 0 saturated heterocycles. The van der Waals surface area contributed by atoms with Crippen molar-refractivity contribution in [3.8, 4) is 0 Å². The molecule has 0 rings (SSSR count). The summed E-state index contributed by atoms with van der Waals surface area (Å²) in [5, 5.41) is 38.2. The molecule has 6 nitrogen and oxygen atoms in total. The Morgan fingerprint density at radius 2 is 1.21 bits per heavy atom. The van der Waals surface area contributed by atoms with Crippen LogP contribution in [0.4, 0.5) is 0 Å². The third-order valence-corrected chi connectivity index (χ3v) is 5.48. The number of aliphatic hydroxyl groups is 3. The van der Waals surface area contributed by atoms with Crippen LogP contribution in [0.1, 0.15) is 89.9 Å². The van der Waals surface area contributed by atoms with E-state index in [0.29, 0.717) is 13.0 Å². The Hall–Kier alpha value is -0.690. The highest BCUT2D eigenvalue weighted by Crippen LogP contribution is 2.29. The molecule has 0 amide bonds. The number of aliphatic carboxylic acids is 1. The quantitative estimate of drug-likeness (QED) is 0.232. The fourth-order valence-electron chi connectivity index (χ4n) is 3.79. The second-order valence-electron chi connectivity index (χ2n) is 8.54. The Bertz CT molecular complexity index is 362. The van der Waals surface area contributed by atoms with Gasteiger partial charge < -0.3 is 25.3 Å². The third-order valence-electron chi connectivity index (χ3n) is 5.48. The van der Waals surface area contributed by atoms with Crippen LogP contribution in [0.5, 0.6) is 0 Å². The minimum Gasteiger partial charge on any atom is -0.481 e. The van der Waals surface area contributed by atoms with E-state index in [1.807, 2.05) is 19.0 Å². The van der Waals surface area contributed by atoms with Gasteiger partial charge in [-0.05, 0) is 52.6 Å². The maximum atomic E-state index is 11.4. The van der Waals surface area contributed by atoms with Crippen molar-refractivity contribution in [2.75, 3.05) is 33.9 Å². The van der Waals surface area contributed by atoms with Crippen LogP contribution in [0.2, 0.25) is 0 Å². The highest BCUT2D eigenvalue weighted by atomic mass is 16.4. The predicted octanol–water partition coefficient (Wildman–Crippen LogP) is 3.43. The standard InChI is InChI=1S/C22H45NO5/c1-23(2)19-20(21(26)27)13-7-10-16-22(28,14-8-3-5-11-17-24)15-9-4-6-12-18-25/h20,24-25,28H,3-19H2,1-2H3,(H,26,27). The molecule has 0 aromatic heterocycles. The van der Waals surface area contributed by atoms with Crippen molar-refractivity contribution in [1.82, 2.24) is 4.90 Å². The number of hydrogen-bond acceptors (Lipinski definition) is 5. The summed E-state index contributed by atoms with van der Waals surface area (Å²) in [5.41, 5.74) is -0.668. The Morgan fingerprint density at radius 1 is 0.786 bits per heavy atom. The van der Waals surface area contributed by atoms with E-state index in [0.717, 1.165) is 83.5 Å². The summed E-state index contributed by atoms with van der Waals surface area (Å²) >= 11 is 0. The van der Waals surface area contributed by atoms with Gasteiger partial charge in [0.15, 0.2) is 0 Å². The number of carboxylic acid groups (broad SMARTS) is 1. The van der Waals surface area contributed by atoms with Crippen LogP contribution >= 0.6 is 0 Å². The van der Waals surface area contributed by atoms with E-state index < -0.39 is 11.6 Å². The molecule has 0 radical (unpaired) electrons. The van der Waals surface area contributed by atoms with Crippen molar-refractivity contribution in [1.29, 1.82) is 0 Å². The number of carboxylic acids is 1. The molecule has 0 aromatic rings. The van der Waals surface area contributed by atoms with Gasteiger partial charge in [0.05, 0.1) is 11.5 Å². The van der Waals surface area contributed by atoms with Crippen LogP contribution in [0.25, 0.3) is 0 Å². The van der Waals surface area contributed by atoms with Crippen LogP contribution in [0, 0.1) is 5.92 Å². The van der Waals surface area contributed by atoms with Gasteiger partial charge in [-0.2, -0.15) is 0 Å². The van der Waals surface area contributed by atoms with E-state index in [4.69, 9.17) is 10.2 Å². The number of carbonyl (C=O) groups is 1. The number of aliphatic hydroxyl groups excluding tert-OH is 2. The smallest absolute Gasteiger partial charge is 0.307 e. The predicted molar refractivity (Wildman–Crippen MR) is 113 cm³/mol. The fourth-order valence-corrected chi connectivity index (χ4v) is 3.79. The van der Waals surface area contributed by atoms with E-state index >= 15 is 0 Å². The molecule has 0 aliphatic heterocycles. The van der Waals surface area contributed by atoms with Crippen molar-refractivity contribution in [2.45, 2.75) is 95.5 Å². The molecular formula is C22H45NO5. The Labute approximate surface area is 172 Å². The van der Waals surface area contributed by atoms with E-state index in [2.05, 4.69) is 0 Å². The molecular weight excluding hydrogens is 358 g/mol. The summed E-state index contributed by atoms with van der Waals surface area (Å²) < 4.78 is 0. The van der Waals surface area contributed by atoms with Crippen molar-refractivity contribution < 1.29 is 25.2 Å². The lowest BCUT2D eigenvalue weighted by Gasteiger charge is -2.29. The molecule has 0 aliphatic carbocycles. The van der Waals surface area contributed by atoms with Crippen LogP contribution in [0.15, 0.2) is 0 Å². The largest absolute Gasteiger partial charge is 0.481 e. The number of nitrogens with zero attached hydrogens (tertiary/aromatic N) is 1. The van der Waals surface area contributed by atoms with E-state index in [9.17, 15) is 15.0 Å². The van der Waals surface area contributed by atoms with Gasteiger partial charge in [-0.15, -0.1) is 0 Å². The zero-order valence-electron chi connectivity index (χ0n) is 18.2. The van der Waals surface area contributed by atoms with E-state index in [1.165, 1.54) is 0 Å². The summed E-state index contributed by atoms with van der Waals surface area (Å²) in [6, 6.07) is 0. The highest BCUT2D eigenvalue weighted by Gasteiger charge is 2.26. The lowest BCUT2D eigenvalue weighted by Crippen LogP contribution is -2.29.